The van der Waals surface area contributed by atoms with Crippen LogP contribution in [0.2, 0.25) is 0 Å². The molecule has 0 unspecified atom stereocenters. The van der Waals surface area contributed by atoms with E-state index in [4.69, 9.17) is 5.73 Å². The summed E-state index contributed by atoms with van der Waals surface area (Å²) < 4.78 is 13.2. The van der Waals surface area contributed by atoms with Gasteiger partial charge in [0.05, 0.1) is 16.9 Å². The molecule has 3 heterocycles. The van der Waals surface area contributed by atoms with E-state index < -0.39 is 5.82 Å². The van der Waals surface area contributed by atoms with Crippen molar-refractivity contribution >= 4 is 27.6 Å². The van der Waals surface area contributed by atoms with Crippen LogP contribution in [-0.2, 0) is 0 Å². The molecule has 4 nitrogen and oxygen atoms in total. The minimum Gasteiger partial charge on any atom is -0.396 e. The number of hydrogen-bond donors (Lipinski definition) is 2. The number of aromatic nitrogens is 3. The number of H-pyrrole nitrogens is 1. The Morgan fingerprint density at radius 2 is 1.91 bits per heavy atom. The van der Waals surface area contributed by atoms with Crippen molar-refractivity contribution in [3.8, 4) is 11.3 Å². The van der Waals surface area contributed by atoms with Crippen LogP contribution in [0.5, 0.6) is 0 Å². The second-order valence-electron chi connectivity index (χ2n) is 4.88. The number of hydrogen-bond acceptors (Lipinski definition) is 3. The average Bonchev–Trinajstić information content (AvgIpc) is 2.87. The summed E-state index contributed by atoms with van der Waals surface area (Å²) in [6.07, 6.45) is 3.55. The molecule has 0 aliphatic carbocycles. The van der Waals surface area contributed by atoms with Gasteiger partial charge in [0, 0.05) is 28.7 Å². The van der Waals surface area contributed by atoms with E-state index in [9.17, 15) is 4.39 Å². The van der Waals surface area contributed by atoms with E-state index in [-0.39, 0.29) is 13.1 Å². The van der Waals surface area contributed by atoms with Crippen LogP contribution >= 0.6 is 0 Å². The van der Waals surface area contributed by atoms with Gasteiger partial charge in [-0.25, -0.2) is 9.37 Å². The third-order valence-electron chi connectivity index (χ3n) is 3.55. The minimum atomic E-state index is -0.420. The van der Waals surface area contributed by atoms with Crippen LogP contribution in [0.3, 0.4) is 0 Å². The zero-order chi connectivity index (χ0) is 14.4. The lowest BCUT2D eigenvalue weighted by atomic mass is 10.1. The fourth-order valence-electron chi connectivity index (χ4n) is 2.48. The maximum atomic E-state index is 13.2. The molecule has 0 radical (unpaired) electrons. The predicted molar refractivity (Wildman–Crippen MR) is 87.9 cm³/mol. The molecule has 0 fully saturated rings. The zero-order valence-electron chi connectivity index (χ0n) is 11.0. The number of nitrogens with one attached hydrogen (secondary N) is 1. The first kappa shape index (κ1) is 14.0. The van der Waals surface area contributed by atoms with Gasteiger partial charge in [-0.2, -0.15) is 0 Å². The number of nitrogen functional groups attached to an aromatic ring is 1. The number of pyridine rings is 2. The molecule has 1 aromatic carbocycles. The highest BCUT2D eigenvalue weighted by atomic mass is 19.1. The van der Waals surface area contributed by atoms with E-state index in [2.05, 4.69) is 15.0 Å². The van der Waals surface area contributed by atoms with Crippen molar-refractivity contribution in [1.29, 1.82) is 0 Å². The summed E-state index contributed by atoms with van der Waals surface area (Å²) in [6.45, 7) is 0. The lowest BCUT2D eigenvalue weighted by molar-refractivity contribution is 0.632. The van der Waals surface area contributed by atoms with Gasteiger partial charge in [-0.15, -0.1) is 0 Å². The third-order valence-corrected chi connectivity index (χ3v) is 3.55. The molecule has 110 valence electrons. The Morgan fingerprint density at radius 3 is 2.73 bits per heavy atom. The number of aromatic amines is 1. The summed E-state index contributed by atoms with van der Waals surface area (Å²) in [6, 6.07) is 10.4. The van der Waals surface area contributed by atoms with Gasteiger partial charge >= 0.3 is 0 Å². The molecule has 0 aliphatic heterocycles. The highest BCUT2D eigenvalue weighted by molar-refractivity contribution is 6.05. The molecule has 0 bridgehead atoms. The second kappa shape index (κ2) is 5.11. The monoisotopic (exact) mass is 294 g/mol. The molecule has 22 heavy (non-hydrogen) atoms. The van der Waals surface area contributed by atoms with Gasteiger partial charge in [-0.1, -0.05) is 7.43 Å². The molecule has 5 heteroatoms. The molecule has 0 saturated carbocycles. The lowest BCUT2D eigenvalue weighted by Crippen LogP contribution is -1.92. The summed E-state index contributed by atoms with van der Waals surface area (Å²) in [5.74, 6) is -0.420. The Hall–Kier alpha value is -2.95. The maximum absolute atomic E-state index is 13.2. The smallest absolute Gasteiger partial charge is 0.146 e. The summed E-state index contributed by atoms with van der Waals surface area (Å²) >= 11 is 0. The molecule has 4 aromatic rings. The Morgan fingerprint density at radius 1 is 1.05 bits per heavy atom. The van der Waals surface area contributed by atoms with E-state index in [1.165, 1.54) is 6.07 Å². The fourth-order valence-corrected chi connectivity index (χ4v) is 2.48. The van der Waals surface area contributed by atoms with Crippen LogP contribution in [0.25, 0.3) is 33.2 Å². The summed E-state index contributed by atoms with van der Waals surface area (Å²) in [5, 5.41) is 2.04. The average molecular weight is 294 g/mol. The standard InChI is InChI=1S/C16H11FN4.CH4/c17-12-3-1-9(7-13(12)18)14-4-2-10-11-8-19-6-5-15(11)21-16(10)20-14;/h1-8H,18H2,(H,20,21);1H4. The fraction of sp³-hybridized carbons (Fsp3) is 0.0588. The molecule has 4 rings (SSSR count). The predicted octanol–water partition coefficient (Wildman–Crippen LogP) is 4.14. The maximum Gasteiger partial charge on any atom is 0.146 e. The van der Waals surface area contributed by atoms with Gasteiger partial charge < -0.3 is 10.7 Å². The normalized spacial score (nSPS) is 10.8. The van der Waals surface area contributed by atoms with Gasteiger partial charge in [-0.05, 0) is 36.4 Å². The van der Waals surface area contributed by atoms with Crippen molar-refractivity contribution in [3.05, 3.63) is 54.6 Å². The van der Waals surface area contributed by atoms with Crippen LogP contribution in [0.15, 0.2) is 48.8 Å². The van der Waals surface area contributed by atoms with E-state index in [0.29, 0.717) is 0 Å². The zero-order valence-corrected chi connectivity index (χ0v) is 11.0. The van der Waals surface area contributed by atoms with Crippen molar-refractivity contribution in [3.63, 3.8) is 0 Å². The largest absolute Gasteiger partial charge is 0.396 e. The van der Waals surface area contributed by atoms with Crippen molar-refractivity contribution < 1.29 is 4.39 Å². The van der Waals surface area contributed by atoms with Crippen molar-refractivity contribution in [2.45, 2.75) is 7.43 Å². The topological polar surface area (TPSA) is 67.6 Å². The quantitative estimate of drug-likeness (QED) is 0.518. The number of rotatable bonds is 1. The van der Waals surface area contributed by atoms with Crippen molar-refractivity contribution in [2.75, 3.05) is 5.73 Å². The second-order valence-corrected chi connectivity index (χ2v) is 4.88. The van der Waals surface area contributed by atoms with Gasteiger partial charge in [0.15, 0.2) is 0 Å². The van der Waals surface area contributed by atoms with Gasteiger partial charge in [-0.3, -0.25) is 4.98 Å². The highest BCUT2D eigenvalue weighted by Crippen LogP contribution is 2.27. The Bertz CT molecular complexity index is 975. The number of benzene rings is 1. The first-order valence-corrected chi connectivity index (χ1v) is 6.50. The molecule has 0 atom stereocenters. The van der Waals surface area contributed by atoms with Gasteiger partial charge in [0.25, 0.3) is 0 Å². The highest BCUT2D eigenvalue weighted by Gasteiger charge is 2.08. The molecule has 0 aliphatic rings. The van der Waals surface area contributed by atoms with Crippen LogP contribution < -0.4 is 5.73 Å². The third kappa shape index (κ3) is 2.07. The minimum absolute atomic E-state index is 0. The number of anilines is 1. The molecular weight excluding hydrogens is 279 g/mol. The molecular formula is C17H15FN4. The molecule has 0 saturated heterocycles. The first-order valence-electron chi connectivity index (χ1n) is 6.50. The van der Waals surface area contributed by atoms with E-state index in [0.717, 1.165) is 33.2 Å². The Kier molecular flexibility index (Phi) is 3.25. The SMILES string of the molecule is C.Nc1cc(-c2ccc3c(n2)[nH]c2ccncc23)ccc1F. The van der Waals surface area contributed by atoms with Crippen LogP contribution in [0.1, 0.15) is 7.43 Å². The van der Waals surface area contributed by atoms with Crippen LogP contribution in [0.4, 0.5) is 10.1 Å². The summed E-state index contributed by atoms with van der Waals surface area (Å²) in [7, 11) is 0. The summed E-state index contributed by atoms with van der Waals surface area (Å²) in [4.78, 5) is 12.0. The number of halogens is 1. The first-order chi connectivity index (χ1) is 10.2. The Labute approximate surface area is 126 Å². The molecule has 0 amide bonds. The van der Waals surface area contributed by atoms with Crippen molar-refractivity contribution in [1.82, 2.24) is 15.0 Å². The van der Waals surface area contributed by atoms with E-state index in [1.54, 1.807) is 18.3 Å². The molecule has 0 spiro atoms. The lowest BCUT2D eigenvalue weighted by Gasteiger charge is -2.03. The summed E-state index contributed by atoms with van der Waals surface area (Å²) in [5.41, 5.74) is 9.03. The molecule has 3 aromatic heterocycles. The number of nitrogens with zero attached hydrogens (tertiary/aromatic N) is 2. The molecule has 3 N–H and O–H groups in total. The van der Waals surface area contributed by atoms with Crippen molar-refractivity contribution in [2.24, 2.45) is 0 Å². The van der Waals surface area contributed by atoms with Gasteiger partial charge in [0.2, 0.25) is 0 Å². The van der Waals surface area contributed by atoms with E-state index in [1.807, 2.05) is 24.4 Å². The number of fused-ring (bicyclic) bond motifs is 3. The van der Waals surface area contributed by atoms with Gasteiger partial charge in [0.1, 0.15) is 11.5 Å². The Balaban J connectivity index is 0.00000144. The number of nitrogens with two attached hydrogens (primary N) is 1. The van der Waals surface area contributed by atoms with E-state index >= 15 is 0 Å². The van der Waals surface area contributed by atoms with Crippen LogP contribution in [0, 0.1) is 5.82 Å². The van der Waals surface area contributed by atoms with Crippen LogP contribution in [-0.4, -0.2) is 15.0 Å².